The fourth-order valence-corrected chi connectivity index (χ4v) is 2.25. The molecule has 1 saturated heterocycles. The Bertz CT molecular complexity index is 368. The summed E-state index contributed by atoms with van der Waals surface area (Å²) < 4.78 is 0. The first kappa shape index (κ1) is 7.13. The molecule has 0 amide bonds. The molecule has 2 nitrogen and oxygen atoms in total. The van der Waals surface area contributed by atoms with Crippen LogP contribution >= 0.6 is 0 Å². The predicted octanol–water partition coefficient (Wildman–Crippen LogP) is 1.59. The van der Waals surface area contributed by atoms with Crippen molar-refractivity contribution < 1.29 is 0 Å². The van der Waals surface area contributed by atoms with Crippen molar-refractivity contribution in [1.29, 1.82) is 0 Å². The number of hydrogen-bond donors (Lipinski definition) is 1. The van der Waals surface area contributed by atoms with Crippen LogP contribution in [0.4, 0.5) is 0 Å². The lowest BCUT2D eigenvalue weighted by Crippen LogP contribution is -2.13. The van der Waals surface area contributed by atoms with Gasteiger partial charge in [0.25, 0.3) is 0 Å². The van der Waals surface area contributed by atoms with Gasteiger partial charge >= 0.3 is 0 Å². The Labute approximate surface area is 77.7 Å². The fraction of sp³-hybridized carbons (Fsp3) is 0.364. The number of aromatic nitrogens is 1. The average molecular weight is 172 g/mol. The highest BCUT2D eigenvalue weighted by atomic mass is 14.9. The summed E-state index contributed by atoms with van der Waals surface area (Å²) in [6, 6.07) is 2.10. The van der Waals surface area contributed by atoms with Crippen molar-refractivity contribution >= 4 is 6.08 Å². The largest absolute Gasteiger partial charge is 0.388 e. The third-order valence-electron chi connectivity index (χ3n) is 2.98. The molecule has 0 aromatic carbocycles. The monoisotopic (exact) mass is 172 g/mol. The molecule has 0 radical (unpaired) electrons. The van der Waals surface area contributed by atoms with E-state index in [1.165, 1.54) is 29.7 Å². The van der Waals surface area contributed by atoms with Crippen LogP contribution in [-0.4, -0.2) is 11.5 Å². The summed E-state index contributed by atoms with van der Waals surface area (Å²) in [6.07, 6.45) is 8.59. The highest BCUT2D eigenvalue weighted by Gasteiger charge is 2.25. The first-order valence-electron chi connectivity index (χ1n) is 4.82. The number of pyridine rings is 1. The van der Waals surface area contributed by atoms with E-state index in [4.69, 9.17) is 0 Å². The number of hydrogen-bond acceptors (Lipinski definition) is 2. The Kier molecular flexibility index (Phi) is 1.42. The van der Waals surface area contributed by atoms with Crippen molar-refractivity contribution in [3.63, 3.8) is 0 Å². The van der Waals surface area contributed by atoms with Crippen LogP contribution in [0.5, 0.6) is 0 Å². The summed E-state index contributed by atoms with van der Waals surface area (Å²) in [5.74, 6) is 0.733. The molecule has 1 aliphatic heterocycles. The zero-order chi connectivity index (χ0) is 8.67. The van der Waals surface area contributed by atoms with Crippen molar-refractivity contribution in [1.82, 2.24) is 10.3 Å². The topological polar surface area (TPSA) is 24.9 Å². The maximum absolute atomic E-state index is 4.16. The minimum absolute atomic E-state index is 0.733. The highest BCUT2D eigenvalue weighted by molar-refractivity contribution is 5.59. The second kappa shape index (κ2) is 2.59. The van der Waals surface area contributed by atoms with Gasteiger partial charge in [-0.05, 0) is 36.1 Å². The summed E-state index contributed by atoms with van der Waals surface area (Å²) in [5.41, 5.74) is 4.18. The number of rotatable bonds is 0. The first-order valence-corrected chi connectivity index (χ1v) is 4.82. The molecule has 1 fully saturated rings. The van der Waals surface area contributed by atoms with E-state index < -0.39 is 0 Å². The maximum atomic E-state index is 4.16. The minimum Gasteiger partial charge on any atom is -0.388 e. The van der Waals surface area contributed by atoms with Gasteiger partial charge in [-0.25, -0.2) is 0 Å². The van der Waals surface area contributed by atoms with Gasteiger partial charge in [0.05, 0.1) is 0 Å². The molecule has 3 rings (SSSR count). The van der Waals surface area contributed by atoms with E-state index in [0.29, 0.717) is 0 Å². The van der Waals surface area contributed by atoms with Crippen molar-refractivity contribution in [2.75, 3.05) is 6.54 Å². The van der Waals surface area contributed by atoms with E-state index in [1.54, 1.807) is 0 Å². The second-order valence-electron chi connectivity index (χ2n) is 3.79. The van der Waals surface area contributed by atoms with Gasteiger partial charge in [-0.2, -0.15) is 0 Å². The van der Waals surface area contributed by atoms with Crippen LogP contribution in [0, 0.1) is 5.92 Å². The van der Waals surface area contributed by atoms with Crippen LogP contribution in [0.2, 0.25) is 0 Å². The Morgan fingerprint density at radius 2 is 2.46 bits per heavy atom. The summed E-state index contributed by atoms with van der Waals surface area (Å²) in [4.78, 5) is 4.16. The molecule has 1 aliphatic carbocycles. The number of allylic oxidation sites excluding steroid dienone is 1. The van der Waals surface area contributed by atoms with E-state index in [9.17, 15) is 0 Å². The van der Waals surface area contributed by atoms with E-state index in [-0.39, 0.29) is 0 Å². The van der Waals surface area contributed by atoms with Crippen LogP contribution in [0.25, 0.3) is 6.08 Å². The zero-order valence-corrected chi connectivity index (χ0v) is 7.46. The van der Waals surface area contributed by atoms with Gasteiger partial charge in [-0.15, -0.1) is 0 Å². The molecule has 1 aromatic rings. The lowest BCUT2D eigenvalue weighted by molar-refractivity contribution is 0.631. The summed E-state index contributed by atoms with van der Waals surface area (Å²) >= 11 is 0. The smallest absolute Gasteiger partial charge is 0.0306 e. The molecule has 2 aliphatic rings. The van der Waals surface area contributed by atoms with E-state index in [1.807, 2.05) is 12.4 Å². The number of fused-ring (bicyclic) bond motifs is 2. The lowest BCUT2D eigenvalue weighted by atomic mass is 9.88. The molecule has 1 unspecified atom stereocenters. The third kappa shape index (κ3) is 1.05. The van der Waals surface area contributed by atoms with E-state index in [0.717, 1.165) is 12.5 Å². The average Bonchev–Trinajstić information content (AvgIpc) is 2.61. The Morgan fingerprint density at radius 3 is 3.46 bits per heavy atom. The molecule has 1 atom stereocenters. The van der Waals surface area contributed by atoms with Crippen LogP contribution in [-0.2, 0) is 6.42 Å². The van der Waals surface area contributed by atoms with Crippen molar-refractivity contribution in [3.05, 3.63) is 35.3 Å². The second-order valence-corrected chi connectivity index (χ2v) is 3.79. The van der Waals surface area contributed by atoms with Crippen LogP contribution in [0.15, 0.2) is 24.2 Å². The highest BCUT2D eigenvalue weighted by Crippen LogP contribution is 2.31. The summed E-state index contributed by atoms with van der Waals surface area (Å²) in [5, 5.41) is 3.44. The van der Waals surface area contributed by atoms with Crippen LogP contribution in [0.3, 0.4) is 0 Å². The van der Waals surface area contributed by atoms with Crippen molar-refractivity contribution in [3.8, 4) is 0 Å². The van der Waals surface area contributed by atoms with Crippen LogP contribution < -0.4 is 5.32 Å². The third-order valence-corrected chi connectivity index (χ3v) is 2.98. The Balaban J connectivity index is 2.10. The predicted molar refractivity (Wildman–Crippen MR) is 52.0 cm³/mol. The quantitative estimate of drug-likeness (QED) is 0.642. The van der Waals surface area contributed by atoms with Gasteiger partial charge in [0, 0.05) is 30.6 Å². The Hall–Kier alpha value is -1.31. The summed E-state index contributed by atoms with van der Waals surface area (Å²) in [7, 11) is 0. The molecule has 66 valence electrons. The molecule has 0 spiro atoms. The number of nitrogens with zero attached hydrogens (tertiary/aromatic N) is 1. The van der Waals surface area contributed by atoms with Crippen LogP contribution in [0.1, 0.15) is 17.5 Å². The van der Waals surface area contributed by atoms with Gasteiger partial charge in [0.15, 0.2) is 0 Å². The molecule has 1 aromatic heterocycles. The zero-order valence-electron chi connectivity index (χ0n) is 7.46. The molecular weight excluding hydrogens is 160 g/mol. The first-order chi connectivity index (χ1) is 6.43. The standard InChI is InChI=1S/C11H12N2/c1-3-12-7-10-5-9-2-4-13-11(9)6-8(1)10/h1,3,6-7,9,13H,2,4-5H2. The molecule has 2 heterocycles. The molecule has 0 saturated carbocycles. The SMILES string of the molecule is C1=C2NCCC2Cc2cnccc21. The van der Waals surface area contributed by atoms with Gasteiger partial charge in [0.2, 0.25) is 0 Å². The maximum Gasteiger partial charge on any atom is 0.0306 e. The molecule has 0 bridgehead atoms. The van der Waals surface area contributed by atoms with Gasteiger partial charge < -0.3 is 5.32 Å². The van der Waals surface area contributed by atoms with Gasteiger partial charge in [-0.3, -0.25) is 4.98 Å². The molecule has 1 N–H and O–H groups in total. The van der Waals surface area contributed by atoms with Gasteiger partial charge in [-0.1, -0.05) is 0 Å². The molecule has 13 heavy (non-hydrogen) atoms. The van der Waals surface area contributed by atoms with Crippen molar-refractivity contribution in [2.45, 2.75) is 12.8 Å². The van der Waals surface area contributed by atoms with Gasteiger partial charge in [0.1, 0.15) is 0 Å². The van der Waals surface area contributed by atoms with Crippen molar-refractivity contribution in [2.24, 2.45) is 5.92 Å². The minimum atomic E-state index is 0.733. The van der Waals surface area contributed by atoms with E-state index >= 15 is 0 Å². The Morgan fingerprint density at radius 1 is 1.46 bits per heavy atom. The lowest BCUT2D eigenvalue weighted by Gasteiger charge is -2.18. The molecule has 2 heteroatoms. The number of nitrogens with one attached hydrogen (secondary N) is 1. The molecular formula is C11H12N2. The fourth-order valence-electron chi connectivity index (χ4n) is 2.25. The van der Waals surface area contributed by atoms with E-state index in [2.05, 4.69) is 22.4 Å². The normalized spacial score (nSPS) is 24.3. The summed E-state index contributed by atoms with van der Waals surface area (Å²) in [6.45, 7) is 1.14.